The minimum atomic E-state index is -0.257. The monoisotopic (exact) mass is 342 g/mol. The summed E-state index contributed by atoms with van der Waals surface area (Å²) in [4.78, 5) is 27.3. The molecule has 0 N–H and O–H groups in total. The Hall–Kier alpha value is -2.57. The standard InChI is InChI=1S/C18H22N4O3/c1-12-9-14-17(25-12)13-10-19-22(18(24)16(13)20(14)2)11-15(23)21-7-5-3-4-6-8-21/h9-10H,3-8,11H2,1-2H3. The van der Waals surface area contributed by atoms with Crippen LogP contribution in [-0.4, -0.2) is 38.2 Å². The van der Waals surface area contributed by atoms with Crippen LogP contribution in [0.25, 0.3) is 22.0 Å². The molecule has 1 aliphatic heterocycles. The Kier molecular flexibility index (Phi) is 3.86. The van der Waals surface area contributed by atoms with Crippen molar-refractivity contribution in [3.8, 4) is 0 Å². The molecule has 1 saturated heterocycles. The van der Waals surface area contributed by atoms with Crippen molar-refractivity contribution < 1.29 is 9.21 Å². The van der Waals surface area contributed by atoms with E-state index in [0.29, 0.717) is 16.5 Å². The van der Waals surface area contributed by atoms with Gasteiger partial charge in [0.1, 0.15) is 17.8 Å². The van der Waals surface area contributed by atoms with E-state index in [1.165, 1.54) is 4.68 Å². The summed E-state index contributed by atoms with van der Waals surface area (Å²) < 4.78 is 8.79. The van der Waals surface area contributed by atoms with Gasteiger partial charge in [0.15, 0.2) is 5.58 Å². The van der Waals surface area contributed by atoms with Gasteiger partial charge in [0.25, 0.3) is 5.56 Å². The molecule has 7 heteroatoms. The van der Waals surface area contributed by atoms with E-state index in [9.17, 15) is 9.59 Å². The van der Waals surface area contributed by atoms with E-state index in [2.05, 4.69) is 5.10 Å². The third kappa shape index (κ3) is 2.63. The number of aromatic nitrogens is 3. The topological polar surface area (TPSA) is 73.3 Å². The zero-order valence-electron chi connectivity index (χ0n) is 14.6. The Bertz CT molecular complexity index is 1000. The van der Waals surface area contributed by atoms with E-state index in [1.54, 1.807) is 6.20 Å². The van der Waals surface area contributed by atoms with E-state index in [4.69, 9.17) is 4.42 Å². The van der Waals surface area contributed by atoms with Crippen molar-refractivity contribution in [3.63, 3.8) is 0 Å². The SMILES string of the molecule is Cc1cc2c(o1)c1cnn(CC(=O)N3CCCCCC3)c(=O)c1n2C. The van der Waals surface area contributed by atoms with E-state index < -0.39 is 0 Å². The van der Waals surface area contributed by atoms with Gasteiger partial charge in [-0.2, -0.15) is 5.10 Å². The first-order valence-electron chi connectivity index (χ1n) is 8.78. The minimum Gasteiger partial charge on any atom is -0.459 e. The molecule has 4 rings (SSSR count). The molecule has 0 unspecified atom stereocenters. The second-order valence-electron chi connectivity index (χ2n) is 6.80. The first-order valence-corrected chi connectivity index (χ1v) is 8.78. The van der Waals surface area contributed by atoms with E-state index in [-0.39, 0.29) is 18.0 Å². The van der Waals surface area contributed by atoms with Crippen molar-refractivity contribution in [2.45, 2.75) is 39.2 Å². The normalized spacial score (nSPS) is 15.8. The average molecular weight is 342 g/mol. The van der Waals surface area contributed by atoms with Gasteiger partial charge in [-0.3, -0.25) is 9.59 Å². The number of hydrogen-bond acceptors (Lipinski definition) is 4. The largest absolute Gasteiger partial charge is 0.459 e. The molecule has 1 aliphatic rings. The molecule has 25 heavy (non-hydrogen) atoms. The molecule has 1 fully saturated rings. The summed E-state index contributed by atoms with van der Waals surface area (Å²) in [6.45, 7) is 3.40. The van der Waals surface area contributed by atoms with Gasteiger partial charge in [0.2, 0.25) is 5.91 Å². The number of carbonyl (C=O) groups is 1. The fraction of sp³-hybridized carbons (Fsp3) is 0.500. The molecular weight excluding hydrogens is 320 g/mol. The van der Waals surface area contributed by atoms with Crippen molar-refractivity contribution in [1.82, 2.24) is 19.2 Å². The Morgan fingerprint density at radius 1 is 1.24 bits per heavy atom. The van der Waals surface area contributed by atoms with Crippen LogP contribution in [-0.2, 0) is 18.4 Å². The van der Waals surface area contributed by atoms with Gasteiger partial charge in [-0.05, 0) is 19.8 Å². The quantitative estimate of drug-likeness (QED) is 0.715. The second-order valence-corrected chi connectivity index (χ2v) is 6.80. The van der Waals surface area contributed by atoms with Crippen LogP contribution < -0.4 is 5.56 Å². The van der Waals surface area contributed by atoms with Crippen LogP contribution in [0.2, 0.25) is 0 Å². The lowest BCUT2D eigenvalue weighted by atomic mass is 10.2. The van der Waals surface area contributed by atoms with Crippen LogP contribution in [0, 0.1) is 6.92 Å². The van der Waals surface area contributed by atoms with Gasteiger partial charge in [-0.25, -0.2) is 4.68 Å². The highest BCUT2D eigenvalue weighted by atomic mass is 16.3. The molecule has 4 heterocycles. The highest BCUT2D eigenvalue weighted by molar-refractivity contribution is 6.04. The van der Waals surface area contributed by atoms with Gasteiger partial charge in [-0.15, -0.1) is 0 Å². The van der Waals surface area contributed by atoms with Gasteiger partial charge in [0.05, 0.1) is 17.1 Å². The second kappa shape index (κ2) is 6.06. The van der Waals surface area contributed by atoms with Crippen molar-refractivity contribution in [2.24, 2.45) is 7.05 Å². The zero-order valence-corrected chi connectivity index (χ0v) is 14.6. The fourth-order valence-corrected chi connectivity index (χ4v) is 3.69. The molecule has 0 bridgehead atoms. The zero-order chi connectivity index (χ0) is 17.6. The number of fused-ring (bicyclic) bond motifs is 3. The Balaban J connectivity index is 1.71. The van der Waals surface area contributed by atoms with Gasteiger partial charge in [-0.1, -0.05) is 12.8 Å². The number of amides is 1. The summed E-state index contributed by atoms with van der Waals surface area (Å²) in [7, 11) is 1.84. The van der Waals surface area contributed by atoms with Gasteiger partial charge >= 0.3 is 0 Å². The molecule has 0 saturated carbocycles. The predicted octanol–water partition coefficient (Wildman–Crippen LogP) is 2.19. The van der Waals surface area contributed by atoms with Crippen LogP contribution in [0.1, 0.15) is 31.4 Å². The maximum Gasteiger partial charge on any atom is 0.291 e. The third-order valence-corrected chi connectivity index (χ3v) is 5.04. The number of rotatable bonds is 2. The molecule has 0 aromatic carbocycles. The first kappa shape index (κ1) is 15.9. The summed E-state index contributed by atoms with van der Waals surface area (Å²) in [5, 5.41) is 4.91. The van der Waals surface area contributed by atoms with Gasteiger partial charge in [0, 0.05) is 26.2 Å². The van der Waals surface area contributed by atoms with Crippen LogP contribution in [0.4, 0.5) is 0 Å². The maximum atomic E-state index is 12.9. The predicted molar refractivity (Wildman–Crippen MR) is 94.5 cm³/mol. The molecule has 7 nitrogen and oxygen atoms in total. The number of nitrogens with zero attached hydrogens (tertiary/aromatic N) is 4. The Morgan fingerprint density at radius 2 is 1.96 bits per heavy atom. The fourth-order valence-electron chi connectivity index (χ4n) is 3.69. The summed E-state index contributed by atoms with van der Waals surface area (Å²) in [6, 6.07) is 1.90. The first-order chi connectivity index (χ1) is 12.1. The molecule has 0 spiro atoms. The van der Waals surface area contributed by atoms with Crippen molar-refractivity contribution >= 4 is 27.9 Å². The molecule has 0 aliphatic carbocycles. The van der Waals surface area contributed by atoms with E-state index >= 15 is 0 Å². The lowest BCUT2D eigenvalue weighted by Gasteiger charge is -2.20. The maximum absolute atomic E-state index is 12.9. The average Bonchev–Trinajstić information content (AvgIpc) is 2.94. The highest BCUT2D eigenvalue weighted by Gasteiger charge is 2.20. The van der Waals surface area contributed by atoms with Gasteiger partial charge < -0.3 is 13.9 Å². The Labute approximate surface area is 144 Å². The van der Waals surface area contributed by atoms with Crippen LogP contribution in [0.3, 0.4) is 0 Å². The van der Waals surface area contributed by atoms with Crippen LogP contribution >= 0.6 is 0 Å². The number of aryl methyl sites for hydroxylation is 2. The highest BCUT2D eigenvalue weighted by Crippen LogP contribution is 2.28. The van der Waals surface area contributed by atoms with Crippen molar-refractivity contribution in [2.75, 3.05) is 13.1 Å². The van der Waals surface area contributed by atoms with Crippen LogP contribution in [0.15, 0.2) is 21.5 Å². The molecule has 3 aromatic heterocycles. The summed E-state index contributed by atoms with van der Waals surface area (Å²) in [5.74, 6) is 0.757. The smallest absolute Gasteiger partial charge is 0.291 e. The molecular formula is C18H22N4O3. The number of hydrogen-bond donors (Lipinski definition) is 0. The van der Waals surface area contributed by atoms with Crippen molar-refractivity contribution in [3.05, 3.63) is 28.4 Å². The van der Waals surface area contributed by atoms with E-state index in [0.717, 1.165) is 50.0 Å². The molecule has 0 atom stereocenters. The molecule has 3 aromatic rings. The number of carbonyl (C=O) groups excluding carboxylic acids is 1. The summed E-state index contributed by atoms with van der Waals surface area (Å²) in [6.07, 6.45) is 6.00. The third-order valence-electron chi connectivity index (χ3n) is 5.04. The number of likely N-dealkylation sites (tertiary alicyclic amines) is 1. The molecule has 0 radical (unpaired) electrons. The lowest BCUT2D eigenvalue weighted by molar-refractivity contribution is -0.132. The molecule has 1 amide bonds. The number of furan rings is 1. The Morgan fingerprint density at radius 3 is 2.68 bits per heavy atom. The minimum absolute atomic E-state index is 0.0135. The van der Waals surface area contributed by atoms with E-state index in [1.807, 2.05) is 29.5 Å². The lowest BCUT2D eigenvalue weighted by Crippen LogP contribution is -2.38. The van der Waals surface area contributed by atoms with Crippen LogP contribution in [0.5, 0.6) is 0 Å². The summed E-state index contributed by atoms with van der Waals surface area (Å²) in [5.41, 5.74) is 1.80. The summed E-state index contributed by atoms with van der Waals surface area (Å²) >= 11 is 0. The van der Waals surface area contributed by atoms with Crippen molar-refractivity contribution in [1.29, 1.82) is 0 Å². The molecule has 132 valence electrons.